The average molecular weight is 218 g/mol. The van der Waals surface area contributed by atoms with Crippen LogP contribution in [0.2, 0.25) is 0 Å². The monoisotopic (exact) mass is 218 g/mol. The third-order valence-corrected chi connectivity index (χ3v) is 2.47. The Bertz CT molecular complexity index is 532. The molecule has 1 atom stereocenters. The summed E-state index contributed by atoms with van der Waals surface area (Å²) in [5.41, 5.74) is 13.7. The van der Waals surface area contributed by atoms with E-state index in [1.54, 1.807) is 0 Å². The van der Waals surface area contributed by atoms with Crippen molar-refractivity contribution in [1.29, 1.82) is 0 Å². The van der Waals surface area contributed by atoms with Gasteiger partial charge in [-0.05, 0) is 24.6 Å². The number of hydrogen-bond donors (Lipinski definition) is 3. The number of carbonyl (C=O) groups is 1. The van der Waals surface area contributed by atoms with Crippen LogP contribution in [0.1, 0.15) is 23.9 Å². The minimum Gasteiger partial charge on any atom is -0.370 e. The lowest BCUT2D eigenvalue weighted by atomic mass is 10.0. The van der Waals surface area contributed by atoms with Gasteiger partial charge in [-0.1, -0.05) is 6.07 Å². The number of amides is 1. The molecule has 0 saturated carbocycles. The summed E-state index contributed by atoms with van der Waals surface area (Å²) < 4.78 is 0. The van der Waals surface area contributed by atoms with E-state index in [9.17, 15) is 4.79 Å². The molecule has 2 rings (SSSR count). The fourth-order valence-corrected chi connectivity index (χ4v) is 1.72. The van der Waals surface area contributed by atoms with Gasteiger partial charge in [0.15, 0.2) is 0 Å². The van der Waals surface area contributed by atoms with Crippen molar-refractivity contribution in [3.63, 3.8) is 0 Å². The first kappa shape index (κ1) is 10.6. The predicted octanol–water partition coefficient (Wildman–Crippen LogP) is 0.747. The van der Waals surface area contributed by atoms with E-state index in [0.717, 1.165) is 22.4 Å². The van der Waals surface area contributed by atoms with Gasteiger partial charge in [-0.3, -0.25) is 4.79 Å². The third kappa shape index (κ3) is 2.04. The van der Waals surface area contributed by atoms with Crippen LogP contribution in [-0.2, 0) is 4.79 Å². The molecule has 84 valence electrons. The summed E-state index contributed by atoms with van der Waals surface area (Å²) in [5.74, 6) is 0.462. The molecule has 5 heteroatoms. The third-order valence-electron chi connectivity index (χ3n) is 2.47. The number of nitrogens with one attached hydrogen (secondary N) is 1. The standard InChI is InChI=1S/C11H14N4O/c1-6-14-9-3-2-7(4-10(9)15-6)8(12)5-11(13)16/h2-4,8H,5,12H2,1H3,(H2,13,16)(H,14,15). The van der Waals surface area contributed by atoms with Crippen molar-refractivity contribution < 1.29 is 4.79 Å². The quantitative estimate of drug-likeness (QED) is 0.708. The molecule has 0 aliphatic rings. The van der Waals surface area contributed by atoms with E-state index in [1.165, 1.54) is 0 Å². The van der Waals surface area contributed by atoms with Crippen LogP contribution in [0.5, 0.6) is 0 Å². The molecule has 2 aromatic rings. The summed E-state index contributed by atoms with van der Waals surface area (Å²) in [6, 6.07) is 5.30. The Morgan fingerprint density at radius 2 is 2.31 bits per heavy atom. The van der Waals surface area contributed by atoms with Gasteiger partial charge in [0.1, 0.15) is 5.82 Å². The lowest BCUT2D eigenvalue weighted by Gasteiger charge is -2.09. The van der Waals surface area contributed by atoms with E-state index in [-0.39, 0.29) is 12.5 Å². The van der Waals surface area contributed by atoms with Gasteiger partial charge in [0.25, 0.3) is 0 Å². The van der Waals surface area contributed by atoms with Gasteiger partial charge in [-0.2, -0.15) is 0 Å². The van der Waals surface area contributed by atoms with E-state index in [2.05, 4.69) is 9.97 Å². The summed E-state index contributed by atoms with van der Waals surface area (Å²) in [5, 5.41) is 0. The second-order valence-electron chi connectivity index (χ2n) is 3.88. The molecule has 0 spiro atoms. The van der Waals surface area contributed by atoms with Crippen LogP contribution in [0.15, 0.2) is 18.2 Å². The van der Waals surface area contributed by atoms with Crippen molar-refractivity contribution >= 4 is 16.9 Å². The topological polar surface area (TPSA) is 97.8 Å². The van der Waals surface area contributed by atoms with Crippen molar-refractivity contribution in [3.05, 3.63) is 29.6 Å². The zero-order chi connectivity index (χ0) is 11.7. The second-order valence-corrected chi connectivity index (χ2v) is 3.88. The van der Waals surface area contributed by atoms with Gasteiger partial charge in [0.2, 0.25) is 5.91 Å². The van der Waals surface area contributed by atoms with Gasteiger partial charge >= 0.3 is 0 Å². The number of aryl methyl sites for hydroxylation is 1. The van der Waals surface area contributed by atoms with Crippen LogP contribution in [0.25, 0.3) is 11.0 Å². The van der Waals surface area contributed by atoms with Gasteiger partial charge in [0, 0.05) is 12.5 Å². The van der Waals surface area contributed by atoms with Crippen molar-refractivity contribution in [2.45, 2.75) is 19.4 Å². The minimum absolute atomic E-state index is 0.151. The molecule has 0 bridgehead atoms. The van der Waals surface area contributed by atoms with Gasteiger partial charge in [-0.15, -0.1) is 0 Å². The fraction of sp³-hybridized carbons (Fsp3) is 0.273. The highest BCUT2D eigenvalue weighted by atomic mass is 16.1. The number of benzene rings is 1. The van der Waals surface area contributed by atoms with Crippen molar-refractivity contribution in [1.82, 2.24) is 9.97 Å². The molecule has 0 saturated heterocycles. The number of fused-ring (bicyclic) bond motifs is 1. The summed E-state index contributed by atoms with van der Waals surface area (Å²) in [6.07, 6.45) is 0.151. The largest absolute Gasteiger partial charge is 0.370 e. The summed E-state index contributed by atoms with van der Waals surface area (Å²) in [4.78, 5) is 18.2. The summed E-state index contributed by atoms with van der Waals surface area (Å²) >= 11 is 0. The van der Waals surface area contributed by atoms with Crippen molar-refractivity contribution in [2.24, 2.45) is 11.5 Å². The summed E-state index contributed by atoms with van der Waals surface area (Å²) in [6.45, 7) is 1.89. The number of primary amides is 1. The highest BCUT2D eigenvalue weighted by Gasteiger charge is 2.10. The lowest BCUT2D eigenvalue weighted by molar-refractivity contribution is -0.118. The van der Waals surface area contributed by atoms with Gasteiger partial charge in [0.05, 0.1) is 11.0 Å². The molecular weight excluding hydrogens is 204 g/mol. The number of nitrogens with two attached hydrogens (primary N) is 2. The van der Waals surface area contributed by atoms with Gasteiger partial charge in [-0.25, -0.2) is 4.98 Å². The first-order chi connectivity index (χ1) is 7.56. The molecule has 0 aliphatic carbocycles. The number of carbonyl (C=O) groups excluding carboxylic acids is 1. The average Bonchev–Trinajstić information content (AvgIpc) is 2.55. The molecule has 1 unspecified atom stereocenters. The Morgan fingerprint density at radius 3 is 3.00 bits per heavy atom. The molecule has 1 heterocycles. The first-order valence-corrected chi connectivity index (χ1v) is 5.06. The zero-order valence-corrected chi connectivity index (χ0v) is 9.03. The normalized spacial score (nSPS) is 12.9. The Balaban J connectivity index is 2.34. The van der Waals surface area contributed by atoms with Crippen LogP contribution in [0, 0.1) is 6.92 Å². The van der Waals surface area contributed by atoms with Crippen LogP contribution >= 0.6 is 0 Å². The smallest absolute Gasteiger partial charge is 0.219 e. The number of aromatic amines is 1. The second kappa shape index (κ2) is 3.94. The van der Waals surface area contributed by atoms with E-state index < -0.39 is 5.91 Å². The highest BCUT2D eigenvalue weighted by Crippen LogP contribution is 2.19. The van der Waals surface area contributed by atoms with Crippen LogP contribution in [0.4, 0.5) is 0 Å². The molecular formula is C11H14N4O. The van der Waals surface area contributed by atoms with E-state index in [4.69, 9.17) is 11.5 Å². The molecule has 0 aliphatic heterocycles. The molecule has 1 aromatic carbocycles. The number of nitrogens with zero attached hydrogens (tertiary/aromatic N) is 1. The maximum absolute atomic E-state index is 10.8. The Hall–Kier alpha value is -1.88. The van der Waals surface area contributed by atoms with E-state index in [1.807, 2.05) is 25.1 Å². The van der Waals surface area contributed by atoms with Crippen molar-refractivity contribution in [2.75, 3.05) is 0 Å². The molecule has 0 radical (unpaired) electrons. The first-order valence-electron chi connectivity index (χ1n) is 5.06. The van der Waals surface area contributed by atoms with Gasteiger partial charge < -0.3 is 16.5 Å². The number of hydrogen-bond acceptors (Lipinski definition) is 3. The molecule has 1 amide bonds. The van der Waals surface area contributed by atoms with E-state index >= 15 is 0 Å². The Labute approximate surface area is 92.8 Å². The maximum Gasteiger partial charge on any atom is 0.219 e. The Morgan fingerprint density at radius 1 is 1.56 bits per heavy atom. The van der Waals surface area contributed by atoms with Crippen LogP contribution < -0.4 is 11.5 Å². The number of H-pyrrole nitrogens is 1. The SMILES string of the molecule is Cc1nc2ccc(C(N)CC(N)=O)cc2[nH]1. The van der Waals surface area contributed by atoms with Crippen LogP contribution in [0.3, 0.4) is 0 Å². The molecule has 0 fully saturated rings. The molecule has 5 N–H and O–H groups in total. The van der Waals surface area contributed by atoms with Crippen LogP contribution in [-0.4, -0.2) is 15.9 Å². The molecule has 5 nitrogen and oxygen atoms in total. The van der Waals surface area contributed by atoms with Crippen molar-refractivity contribution in [3.8, 4) is 0 Å². The highest BCUT2D eigenvalue weighted by molar-refractivity contribution is 5.77. The molecule has 16 heavy (non-hydrogen) atoms. The fourth-order valence-electron chi connectivity index (χ4n) is 1.72. The zero-order valence-electron chi connectivity index (χ0n) is 9.03. The summed E-state index contributed by atoms with van der Waals surface area (Å²) in [7, 11) is 0. The van der Waals surface area contributed by atoms with E-state index in [0.29, 0.717) is 0 Å². The maximum atomic E-state index is 10.8. The number of imidazole rings is 1. The Kier molecular flexibility index (Phi) is 2.62. The predicted molar refractivity (Wildman–Crippen MR) is 61.6 cm³/mol. The molecule has 1 aromatic heterocycles. The number of rotatable bonds is 3. The lowest BCUT2D eigenvalue weighted by Crippen LogP contribution is -2.20. The minimum atomic E-state index is -0.395. The number of aromatic nitrogens is 2.